The lowest BCUT2D eigenvalue weighted by Gasteiger charge is -2.17. The first-order valence-electron chi connectivity index (χ1n) is 7.32. The van der Waals surface area contributed by atoms with Crippen LogP contribution in [-0.2, 0) is 18.1 Å². The fourth-order valence-electron chi connectivity index (χ4n) is 1.15. The third-order valence-electron chi connectivity index (χ3n) is 2.22. The number of carboxylic acid groups (broad SMARTS) is 1. The van der Waals surface area contributed by atoms with Gasteiger partial charge < -0.3 is 28.8 Å². The Balaban J connectivity index is 0. The lowest BCUT2D eigenvalue weighted by Crippen LogP contribution is -2.54. The summed E-state index contributed by atoms with van der Waals surface area (Å²) in [6.07, 6.45) is -1.10. The van der Waals surface area contributed by atoms with Gasteiger partial charge in [0, 0.05) is 26.9 Å². The van der Waals surface area contributed by atoms with Gasteiger partial charge in [-0.3, -0.25) is 10.2 Å². The molecule has 0 aliphatic rings. The molecule has 0 heterocycles. The predicted octanol–water partition coefficient (Wildman–Crippen LogP) is -0.933. The van der Waals surface area contributed by atoms with Gasteiger partial charge >= 0.3 is 21.5 Å². The van der Waals surface area contributed by atoms with Crippen molar-refractivity contribution in [3.8, 4) is 0 Å². The van der Waals surface area contributed by atoms with Crippen LogP contribution in [-0.4, -0.2) is 70.8 Å². The van der Waals surface area contributed by atoms with Crippen molar-refractivity contribution in [2.24, 2.45) is 0 Å². The molecule has 0 aliphatic carbocycles. The average Bonchev–Trinajstić information content (AvgIpc) is 2.48. The summed E-state index contributed by atoms with van der Waals surface area (Å²) in [5, 5.41) is 19.7. The van der Waals surface area contributed by atoms with Gasteiger partial charge in [0.1, 0.15) is 6.04 Å². The van der Waals surface area contributed by atoms with Gasteiger partial charge in [0.05, 0.1) is 6.10 Å². The standard InChI is InChI=1S/C6H13N3O4.C6H16O3Si/c1-3(10)4(5(11)12)8-9-6(13)7-2;1-4-7-10(8-5-2)9-6-3/h3-4,8,10H,1-2H3,(H,11,12)(H2,7,9,13);10H,4-6H2,1-3H3. The molecule has 0 fully saturated rings. The molecule has 0 saturated heterocycles. The van der Waals surface area contributed by atoms with Crippen molar-refractivity contribution >= 4 is 21.5 Å². The molecule has 0 aromatic rings. The zero-order valence-electron chi connectivity index (χ0n) is 14.3. The van der Waals surface area contributed by atoms with Gasteiger partial charge in [-0.2, -0.15) is 0 Å². The van der Waals surface area contributed by atoms with Crippen LogP contribution in [0.15, 0.2) is 0 Å². The van der Waals surface area contributed by atoms with Crippen molar-refractivity contribution < 1.29 is 33.1 Å². The molecule has 0 rings (SSSR count). The van der Waals surface area contributed by atoms with E-state index in [0.717, 1.165) is 0 Å². The Bertz CT molecular complexity index is 307. The van der Waals surface area contributed by atoms with Crippen LogP contribution in [0.4, 0.5) is 4.79 Å². The van der Waals surface area contributed by atoms with Crippen LogP contribution >= 0.6 is 0 Å². The SMILES string of the molecule is CCO[SiH](OCC)OCC.CNC(=O)NNC(C(=O)O)C(C)O. The van der Waals surface area contributed by atoms with Gasteiger partial charge in [-0.15, -0.1) is 0 Å². The molecule has 0 bridgehead atoms. The highest BCUT2D eigenvalue weighted by molar-refractivity contribution is 6.36. The quantitative estimate of drug-likeness (QED) is 0.250. The molecule has 0 aromatic heterocycles. The summed E-state index contributed by atoms with van der Waals surface area (Å²) in [7, 11) is -0.350. The van der Waals surface area contributed by atoms with Gasteiger partial charge in [0.15, 0.2) is 0 Å². The third-order valence-corrected chi connectivity index (χ3v) is 4.04. The number of carbonyl (C=O) groups is 2. The number of carboxylic acids is 1. The van der Waals surface area contributed by atoms with E-state index < -0.39 is 33.7 Å². The minimum absolute atomic E-state index is 0.577. The third kappa shape index (κ3) is 14.1. The smallest absolute Gasteiger partial charge is 0.480 e. The number of hydrogen-bond donors (Lipinski definition) is 5. The van der Waals surface area contributed by atoms with E-state index in [1.54, 1.807) is 0 Å². The highest BCUT2D eigenvalue weighted by Gasteiger charge is 2.22. The molecule has 0 saturated carbocycles. The van der Waals surface area contributed by atoms with E-state index in [4.69, 9.17) is 23.5 Å². The Hall–Kier alpha value is -1.24. The van der Waals surface area contributed by atoms with Gasteiger partial charge in [-0.1, -0.05) is 0 Å². The number of urea groups is 1. The number of nitrogens with one attached hydrogen (secondary N) is 3. The molecule has 2 atom stereocenters. The normalized spacial score (nSPS) is 12.8. The van der Waals surface area contributed by atoms with Crippen molar-refractivity contribution in [3.63, 3.8) is 0 Å². The summed E-state index contributed by atoms with van der Waals surface area (Å²) in [5.41, 5.74) is 4.21. The molecular formula is C12H29N3O7Si. The van der Waals surface area contributed by atoms with Crippen molar-refractivity contribution in [1.29, 1.82) is 0 Å². The Morgan fingerprint density at radius 3 is 1.78 bits per heavy atom. The molecule has 0 radical (unpaired) electrons. The number of aliphatic hydroxyl groups excluding tert-OH is 1. The number of rotatable bonds is 10. The van der Waals surface area contributed by atoms with Crippen molar-refractivity contribution in [2.75, 3.05) is 26.9 Å². The minimum atomic E-state index is -1.73. The summed E-state index contributed by atoms with van der Waals surface area (Å²) in [6, 6.07) is -1.80. The second-order valence-electron chi connectivity index (χ2n) is 4.06. The topological polar surface area (TPSA) is 138 Å². The fourth-order valence-corrected chi connectivity index (χ4v) is 2.25. The number of amides is 2. The van der Waals surface area contributed by atoms with Crippen LogP contribution < -0.4 is 16.2 Å². The Morgan fingerprint density at radius 2 is 1.52 bits per heavy atom. The van der Waals surface area contributed by atoms with Gasteiger partial charge in [-0.25, -0.2) is 10.2 Å². The summed E-state index contributed by atoms with van der Waals surface area (Å²) >= 11 is 0. The lowest BCUT2D eigenvalue weighted by atomic mass is 10.2. The molecule has 11 heteroatoms. The predicted molar refractivity (Wildman–Crippen MR) is 85.9 cm³/mol. The maximum absolute atomic E-state index is 10.6. The van der Waals surface area contributed by atoms with Gasteiger partial charge in [-0.05, 0) is 27.7 Å². The molecule has 23 heavy (non-hydrogen) atoms. The molecule has 2 unspecified atom stereocenters. The average molecular weight is 355 g/mol. The fraction of sp³-hybridized carbons (Fsp3) is 0.833. The van der Waals surface area contributed by atoms with Crippen LogP contribution in [0.2, 0.25) is 0 Å². The number of aliphatic hydroxyl groups is 1. The summed E-state index contributed by atoms with van der Waals surface area (Å²) in [6.45, 7) is 9.16. The molecular weight excluding hydrogens is 326 g/mol. The lowest BCUT2D eigenvalue weighted by molar-refractivity contribution is -0.142. The summed E-state index contributed by atoms with van der Waals surface area (Å²) in [4.78, 5) is 21.0. The Kier molecular flexibility index (Phi) is 16.3. The molecule has 138 valence electrons. The second-order valence-corrected chi connectivity index (χ2v) is 5.64. The first-order chi connectivity index (χ1) is 10.8. The van der Waals surface area contributed by atoms with E-state index in [9.17, 15) is 9.59 Å². The Labute approximate surface area is 138 Å². The zero-order chi connectivity index (χ0) is 18.3. The largest absolute Gasteiger partial charge is 0.484 e. The summed E-state index contributed by atoms with van der Waals surface area (Å²) < 4.78 is 15.7. The second kappa shape index (κ2) is 15.6. The van der Waals surface area contributed by atoms with Crippen LogP contribution in [0.25, 0.3) is 0 Å². The van der Waals surface area contributed by atoms with Crippen LogP contribution in [0.5, 0.6) is 0 Å². The van der Waals surface area contributed by atoms with Crippen molar-refractivity contribution in [2.45, 2.75) is 39.8 Å². The molecule has 2 amide bonds. The maximum atomic E-state index is 10.6. The van der Waals surface area contributed by atoms with E-state index in [1.807, 2.05) is 20.8 Å². The van der Waals surface area contributed by atoms with E-state index in [-0.39, 0.29) is 0 Å². The highest BCUT2D eigenvalue weighted by atomic mass is 28.3. The van der Waals surface area contributed by atoms with Crippen LogP contribution in [0, 0.1) is 0 Å². The van der Waals surface area contributed by atoms with E-state index in [0.29, 0.717) is 19.8 Å². The molecule has 0 aromatic carbocycles. The van der Waals surface area contributed by atoms with Gasteiger partial charge in [0.2, 0.25) is 0 Å². The van der Waals surface area contributed by atoms with E-state index >= 15 is 0 Å². The van der Waals surface area contributed by atoms with Crippen molar-refractivity contribution in [3.05, 3.63) is 0 Å². The van der Waals surface area contributed by atoms with E-state index in [1.165, 1.54) is 14.0 Å². The first-order valence-corrected chi connectivity index (χ1v) is 8.74. The molecule has 0 spiro atoms. The number of aliphatic carboxylic acids is 1. The number of hydrazine groups is 1. The van der Waals surface area contributed by atoms with Crippen molar-refractivity contribution in [1.82, 2.24) is 16.2 Å². The minimum Gasteiger partial charge on any atom is -0.480 e. The van der Waals surface area contributed by atoms with Gasteiger partial charge in [0.25, 0.3) is 0 Å². The maximum Gasteiger partial charge on any atom is 0.484 e. The van der Waals surface area contributed by atoms with Crippen LogP contribution in [0.1, 0.15) is 27.7 Å². The Morgan fingerprint density at radius 1 is 1.09 bits per heavy atom. The first kappa shape index (κ1) is 24.0. The van der Waals surface area contributed by atoms with Crippen LogP contribution in [0.3, 0.4) is 0 Å². The zero-order valence-corrected chi connectivity index (χ0v) is 15.4. The van der Waals surface area contributed by atoms with E-state index in [2.05, 4.69) is 16.2 Å². The molecule has 10 nitrogen and oxygen atoms in total. The highest BCUT2D eigenvalue weighted by Crippen LogP contribution is 1.91. The summed E-state index contributed by atoms with van der Waals surface area (Å²) in [5.74, 6) is -1.24. The molecule has 5 N–H and O–H groups in total. The molecule has 0 aliphatic heterocycles. The monoisotopic (exact) mass is 355 g/mol. The number of hydrogen-bond acceptors (Lipinski definition) is 7. The number of carbonyl (C=O) groups excluding carboxylic acids is 1.